The van der Waals surface area contributed by atoms with E-state index in [0.29, 0.717) is 17.8 Å². The quantitative estimate of drug-likeness (QED) is 0.650. The second-order valence-corrected chi connectivity index (χ2v) is 4.56. The molecule has 0 saturated carbocycles. The number of anilines is 1. The second-order valence-electron chi connectivity index (χ2n) is 4.56. The number of benzene rings is 2. The molecule has 0 aliphatic carbocycles. The molecule has 21 heavy (non-hydrogen) atoms. The van der Waals surface area contributed by atoms with Crippen LogP contribution < -0.4 is 5.32 Å². The van der Waals surface area contributed by atoms with E-state index in [2.05, 4.69) is 5.32 Å². The van der Waals surface area contributed by atoms with Crippen molar-refractivity contribution >= 4 is 17.3 Å². The van der Waals surface area contributed by atoms with E-state index < -0.39 is 10.9 Å². The van der Waals surface area contributed by atoms with E-state index in [1.54, 1.807) is 31.2 Å². The molecule has 2 N–H and O–H groups in total. The van der Waals surface area contributed by atoms with Gasteiger partial charge in [-0.2, -0.15) is 0 Å². The predicted molar refractivity (Wildman–Crippen MR) is 78.6 cm³/mol. The monoisotopic (exact) mass is 286 g/mol. The smallest absolute Gasteiger partial charge is 0.335 e. The molecule has 0 unspecified atom stereocenters. The van der Waals surface area contributed by atoms with Crippen LogP contribution in [0.1, 0.15) is 21.5 Å². The van der Waals surface area contributed by atoms with Crippen molar-refractivity contribution in [3.8, 4) is 0 Å². The lowest BCUT2D eigenvalue weighted by atomic mass is 10.1. The Kier molecular flexibility index (Phi) is 4.18. The number of carbonyl (C=O) groups is 1. The number of nitro groups is 1. The summed E-state index contributed by atoms with van der Waals surface area (Å²) >= 11 is 0. The van der Waals surface area contributed by atoms with E-state index in [9.17, 15) is 14.9 Å². The highest BCUT2D eigenvalue weighted by molar-refractivity contribution is 5.87. The van der Waals surface area contributed by atoms with Crippen molar-refractivity contribution < 1.29 is 14.8 Å². The van der Waals surface area contributed by atoms with Crippen molar-refractivity contribution in [3.05, 3.63) is 69.3 Å². The summed E-state index contributed by atoms with van der Waals surface area (Å²) in [5.41, 5.74) is 2.45. The summed E-state index contributed by atoms with van der Waals surface area (Å²) in [7, 11) is 0. The predicted octanol–water partition coefficient (Wildman–Crippen LogP) is 3.21. The number of nitrogens with zero attached hydrogens (tertiary/aromatic N) is 1. The zero-order valence-corrected chi connectivity index (χ0v) is 11.4. The van der Waals surface area contributed by atoms with Gasteiger partial charge in [-0.3, -0.25) is 10.1 Å². The fourth-order valence-corrected chi connectivity index (χ4v) is 1.98. The SMILES string of the molecule is Cc1c(NCc2ccc(C(=O)O)cc2)cccc1[N+](=O)[O-]. The summed E-state index contributed by atoms with van der Waals surface area (Å²) in [6.45, 7) is 2.15. The molecule has 0 amide bonds. The van der Waals surface area contributed by atoms with Crippen LogP contribution in [-0.2, 0) is 6.54 Å². The van der Waals surface area contributed by atoms with Gasteiger partial charge in [-0.15, -0.1) is 0 Å². The molecule has 2 aromatic rings. The Bertz CT molecular complexity index is 681. The lowest BCUT2D eigenvalue weighted by molar-refractivity contribution is -0.385. The van der Waals surface area contributed by atoms with Crippen LogP contribution in [-0.4, -0.2) is 16.0 Å². The van der Waals surface area contributed by atoms with Crippen LogP contribution in [0.4, 0.5) is 11.4 Å². The summed E-state index contributed by atoms with van der Waals surface area (Å²) in [5.74, 6) is -0.968. The Morgan fingerprint density at radius 2 is 1.90 bits per heavy atom. The second kappa shape index (κ2) is 6.04. The Labute approximate surface area is 121 Å². The Balaban J connectivity index is 2.11. The molecule has 0 bridgehead atoms. The van der Waals surface area contributed by atoms with Crippen molar-refractivity contribution in [2.45, 2.75) is 13.5 Å². The first kappa shape index (κ1) is 14.5. The maximum atomic E-state index is 10.9. The first-order valence-electron chi connectivity index (χ1n) is 6.29. The highest BCUT2D eigenvalue weighted by Gasteiger charge is 2.12. The lowest BCUT2D eigenvalue weighted by Gasteiger charge is -2.10. The Hall–Kier alpha value is -2.89. The van der Waals surface area contributed by atoms with Crippen LogP contribution in [0, 0.1) is 17.0 Å². The summed E-state index contributed by atoms with van der Waals surface area (Å²) in [6.07, 6.45) is 0. The van der Waals surface area contributed by atoms with E-state index in [0.717, 1.165) is 5.56 Å². The highest BCUT2D eigenvalue weighted by atomic mass is 16.6. The van der Waals surface area contributed by atoms with Crippen molar-refractivity contribution in [3.63, 3.8) is 0 Å². The molecule has 0 radical (unpaired) electrons. The van der Waals surface area contributed by atoms with Gasteiger partial charge in [0.25, 0.3) is 5.69 Å². The molecule has 0 spiro atoms. The highest BCUT2D eigenvalue weighted by Crippen LogP contribution is 2.25. The van der Waals surface area contributed by atoms with Gasteiger partial charge in [-0.05, 0) is 30.7 Å². The number of nitrogens with one attached hydrogen (secondary N) is 1. The standard InChI is InChI=1S/C15H14N2O4/c1-10-13(3-2-4-14(10)17(20)21)16-9-11-5-7-12(8-6-11)15(18)19/h2-8,16H,9H2,1H3,(H,18,19). The first-order chi connectivity index (χ1) is 9.99. The molecular weight excluding hydrogens is 272 g/mol. The average Bonchev–Trinajstić information content (AvgIpc) is 2.46. The molecule has 0 heterocycles. The molecule has 108 valence electrons. The Morgan fingerprint density at radius 1 is 1.24 bits per heavy atom. The maximum Gasteiger partial charge on any atom is 0.335 e. The van der Waals surface area contributed by atoms with Crippen LogP contribution in [0.25, 0.3) is 0 Å². The van der Waals surface area contributed by atoms with Crippen molar-refractivity contribution in [2.75, 3.05) is 5.32 Å². The van der Waals surface area contributed by atoms with Gasteiger partial charge in [0.15, 0.2) is 0 Å². The topological polar surface area (TPSA) is 92.5 Å². The van der Waals surface area contributed by atoms with Crippen LogP contribution >= 0.6 is 0 Å². The van der Waals surface area contributed by atoms with E-state index >= 15 is 0 Å². The third-order valence-corrected chi connectivity index (χ3v) is 3.19. The van der Waals surface area contributed by atoms with Gasteiger partial charge >= 0.3 is 5.97 Å². The van der Waals surface area contributed by atoms with Gasteiger partial charge in [0.05, 0.1) is 10.5 Å². The molecule has 0 fully saturated rings. The van der Waals surface area contributed by atoms with E-state index in [1.165, 1.54) is 18.2 Å². The molecule has 0 aromatic heterocycles. The normalized spacial score (nSPS) is 10.1. The molecule has 6 nitrogen and oxygen atoms in total. The van der Waals surface area contributed by atoms with Gasteiger partial charge in [-0.25, -0.2) is 4.79 Å². The van der Waals surface area contributed by atoms with E-state index in [4.69, 9.17) is 5.11 Å². The van der Waals surface area contributed by atoms with Gasteiger partial charge in [-0.1, -0.05) is 18.2 Å². The van der Waals surface area contributed by atoms with Gasteiger partial charge in [0.1, 0.15) is 0 Å². The molecule has 2 aromatic carbocycles. The molecular formula is C15H14N2O4. The van der Waals surface area contributed by atoms with Crippen LogP contribution in [0.2, 0.25) is 0 Å². The van der Waals surface area contributed by atoms with Crippen LogP contribution in [0.3, 0.4) is 0 Å². The number of carboxylic acids is 1. The van der Waals surface area contributed by atoms with Crippen molar-refractivity contribution in [1.82, 2.24) is 0 Å². The van der Waals surface area contributed by atoms with E-state index in [1.807, 2.05) is 0 Å². The number of carboxylic acid groups (broad SMARTS) is 1. The molecule has 2 rings (SSSR count). The number of rotatable bonds is 5. The third-order valence-electron chi connectivity index (χ3n) is 3.19. The largest absolute Gasteiger partial charge is 0.478 e. The number of hydrogen-bond acceptors (Lipinski definition) is 4. The minimum Gasteiger partial charge on any atom is -0.478 e. The van der Waals surface area contributed by atoms with Gasteiger partial charge < -0.3 is 10.4 Å². The molecule has 6 heteroatoms. The third kappa shape index (κ3) is 3.36. The summed E-state index contributed by atoms with van der Waals surface area (Å²) < 4.78 is 0. The van der Waals surface area contributed by atoms with Gasteiger partial charge in [0, 0.05) is 23.9 Å². The zero-order chi connectivity index (χ0) is 15.4. The van der Waals surface area contributed by atoms with Gasteiger partial charge in [0.2, 0.25) is 0 Å². The molecule has 0 aliphatic heterocycles. The number of nitro benzene ring substituents is 1. The minimum absolute atomic E-state index is 0.0706. The molecule has 0 saturated heterocycles. The first-order valence-corrected chi connectivity index (χ1v) is 6.29. The van der Waals surface area contributed by atoms with E-state index in [-0.39, 0.29) is 11.3 Å². The molecule has 0 aliphatic rings. The summed E-state index contributed by atoms with van der Waals surface area (Å²) in [4.78, 5) is 21.2. The fraction of sp³-hybridized carbons (Fsp3) is 0.133. The maximum absolute atomic E-state index is 10.9. The average molecular weight is 286 g/mol. The molecule has 0 atom stereocenters. The van der Waals surface area contributed by atoms with Crippen LogP contribution in [0.5, 0.6) is 0 Å². The minimum atomic E-state index is -0.968. The lowest BCUT2D eigenvalue weighted by Crippen LogP contribution is -2.03. The number of hydrogen-bond donors (Lipinski definition) is 2. The summed E-state index contributed by atoms with van der Waals surface area (Å²) in [5, 5.41) is 22.8. The number of aromatic carboxylic acids is 1. The fourth-order valence-electron chi connectivity index (χ4n) is 1.98. The zero-order valence-electron chi connectivity index (χ0n) is 11.4. The Morgan fingerprint density at radius 3 is 2.48 bits per heavy atom. The van der Waals surface area contributed by atoms with Crippen LogP contribution in [0.15, 0.2) is 42.5 Å². The summed E-state index contributed by atoms with van der Waals surface area (Å²) in [6, 6.07) is 11.3. The van der Waals surface area contributed by atoms with Crippen molar-refractivity contribution in [1.29, 1.82) is 0 Å². The van der Waals surface area contributed by atoms with Crippen molar-refractivity contribution in [2.24, 2.45) is 0 Å².